The molecule has 7 heteroatoms. The van der Waals surface area contributed by atoms with Crippen molar-refractivity contribution >= 4 is 28.6 Å². The Morgan fingerprint density at radius 1 is 1.09 bits per heavy atom. The zero-order chi connectivity index (χ0) is 22.8. The molecule has 0 aliphatic rings. The van der Waals surface area contributed by atoms with Gasteiger partial charge in [0.1, 0.15) is 5.82 Å². The van der Waals surface area contributed by atoms with E-state index in [1.54, 1.807) is 18.2 Å². The van der Waals surface area contributed by atoms with Crippen molar-refractivity contribution in [2.24, 2.45) is 0 Å². The van der Waals surface area contributed by atoms with Gasteiger partial charge < -0.3 is 14.8 Å². The molecule has 32 heavy (non-hydrogen) atoms. The molecule has 1 heterocycles. The lowest BCUT2D eigenvalue weighted by Gasteiger charge is -2.11. The summed E-state index contributed by atoms with van der Waals surface area (Å²) in [7, 11) is 0. The van der Waals surface area contributed by atoms with Crippen molar-refractivity contribution < 1.29 is 15.0 Å². The van der Waals surface area contributed by atoms with Crippen molar-refractivity contribution in [1.82, 2.24) is 9.55 Å². The highest BCUT2D eigenvalue weighted by atomic mass is 35.5. The van der Waals surface area contributed by atoms with Crippen LogP contribution in [0.3, 0.4) is 0 Å². The Balaban J connectivity index is 1.76. The lowest BCUT2D eigenvalue weighted by molar-refractivity contribution is 0.0697. The summed E-state index contributed by atoms with van der Waals surface area (Å²) in [5, 5.41) is 19.5. The number of aryl methyl sites for hydroxylation is 1. The van der Waals surface area contributed by atoms with Crippen LogP contribution < -0.4 is 5.43 Å². The van der Waals surface area contributed by atoms with Crippen molar-refractivity contribution in [3.8, 4) is 16.9 Å². The monoisotopic (exact) mass is 448 g/mol. The fourth-order valence-electron chi connectivity index (χ4n) is 3.78. The summed E-state index contributed by atoms with van der Waals surface area (Å²) in [5.74, 6) is -0.561. The molecule has 0 saturated heterocycles. The van der Waals surface area contributed by atoms with E-state index in [9.17, 15) is 19.8 Å². The summed E-state index contributed by atoms with van der Waals surface area (Å²) in [6.07, 6.45) is 1.61. The topological polar surface area (TPSA) is 92.4 Å². The maximum absolute atomic E-state index is 12.0. The SMILES string of the molecule is CCCc1nc2cc(Cl)c(=O)c(O)cc2n1Cc1ccc(-c2ccccc2C(=O)O)cc1. The third-order valence-corrected chi connectivity index (χ3v) is 5.62. The van der Waals surface area contributed by atoms with Gasteiger partial charge in [0, 0.05) is 19.0 Å². The first-order valence-corrected chi connectivity index (χ1v) is 10.6. The number of halogens is 1. The molecule has 0 fully saturated rings. The largest absolute Gasteiger partial charge is 0.504 e. The van der Waals surface area contributed by atoms with Crippen LogP contribution in [-0.4, -0.2) is 25.7 Å². The molecule has 1 aromatic heterocycles. The van der Waals surface area contributed by atoms with Gasteiger partial charge in [-0.05, 0) is 35.2 Å². The second-order valence-electron chi connectivity index (χ2n) is 7.53. The second kappa shape index (κ2) is 8.85. The van der Waals surface area contributed by atoms with Gasteiger partial charge in [-0.3, -0.25) is 4.79 Å². The molecule has 162 valence electrons. The standard InChI is InChI=1S/C25H21ClN2O4/c1-2-5-23-27-20-12-19(26)24(30)22(29)13-21(20)28(23)14-15-8-10-16(11-9-15)17-6-3-4-7-18(17)25(31)32/h3-4,6-13H,2,5,14H2,1H3,(H,29,30)(H,31,32). The normalized spacial score (nSPS) is 11.1. The van der Waals surface area contributed by atoms with Crippen LogP contribution in [0.25, 0.3) is 22.2 Å². The highest BCUT2D eigenvalue weighted by Crippen LogP contribution is 2.26. The molecule has 4 rings (SSSR count). The Morgan fingerprint density at radius 3 is 2.50 bits per heavy atom. The third kappa shape index (κ3) is 4.09. The van der Waals surface area contributed by atoms with Crippen LogP contribution in [0.5, 0.6) is 5.75 Å². The molecule has 0 radical (unpaired) electrons. The predicted octanol–water partition coefficient (Wildman–Crippen LogP) is 5.12. The highest BCUT2D eigenvalue weighted by molar-refractivity contribution is 6.31. The van der Waals surface area contributed by atoms with Crippen molar-refractivity contribution in [3.63, 3.8) is 0 Å². The molecule has 0 unspecified atom stereocenters. The molecule has 0 aliphatic carbocycles. The minimum absolute atomic E-state index is 0.0772. The maximum atomic E-state index is 12.0. The van der Waals surface area contributed by atoms with Gasteiger partial charge >= 0.3 is 5.97 Å². The first-order chi connectivity index (χ1) is 15.4. The molecule has 2 N–H and O–H groups in total. The van der Waals surface area contributed by atoms with Crippen LogP contribution in [0.15, 0.2) is 65.5 Å². The molecule has 0 amide bonds. The summed E-state index contributed by atoms with van der Waals surface area (Å²) < 4.78 is 1.97. The zero-order valence-electron chi connectivity index (χ0n) is 17.4. The number of nitrogens with zero attached hydrogens (tertiary/aromatic N) is 2. The summed E-state index contributed by atoms with van der Waals surface area (Å²) in [4.78, 5) is 28.2. The number of carboxylic acid groups (broad SMARTS) is 1. The first kappa shape index (κ1) is 21.6. The smallest absolute Gasteiger partial charge is 0.336 e. The summed E-state index contributed by atoms with van der Waals surface area (Å²) in [5.41, 5.74) is 3.22. The van der Waals surface area contributed by atoms with Gasteiger partial charge in [-0.1, -0.05) is 61.0 Å². The van der Waals surface area contributed by atoms with Crippen LogP contribution in [-0.2, 0) is 13.0 Å². The van der Waals surface area contributed by atoms with Gasteiger partial charge in [0.05, 0.1) is 21.6 Å². The van der Waals surface area contributed by atoms with E-state index in [0.717, 1.165) is 29.8 Å². The molecule has 0 spiro atoms. The van der Waals surface area contributed by atoms with Crippen LogP contribution in [0.2, 0.25) is 5.02 Å². The van der Waals surface area contributed by atoms with Gasteiger partial charge in [0.2, 0.25) is 5.43 Å². The van der Waals surface area contributed by atoms with Crippen molar-refractivity contribution in [1.29, 1.82) is 0 Å². The fraction of sp³-hybridized carbons (Fsp3) is 0.160. The van der Waals surface area contributed by atoms with E-state index in [0.29, 0.717) is 23.1 Å². The minimum Gasteiger partial charge on any atom is -0.504 e. The molecule has 0 aliphatic heterocycles. The van der Waals surface area contributed by atoms with E-state index in [-0.39, 0.29) is 10.6 Å². The number of carboxylic acids is 1. The number of imidazole rings is 1. The molecule has 0 atom stereocenters. The molecular weight excluding hydrogens is 428 g/mol. The Bertz CT molecular complexity index is 1380. The number of aromatic nitrogens is 2. The van der Waals surface area contributed by atoms with Crippen molar-refractivity contribution in [3.05, 3.63) is 92.9 Å². The lowest BCUT2D eigenvalue weighted by atomic mass is 9.99. The maximum Gasteiger partial charge on any atom is 0.336 e. The van der Waals surface area contributed by atoms with Gasteiger partial charge in [-0.2, -0.15) is 0 Å². The van der Waals surface area contributed by atoms with Crippen LogP contribution >= 0.6 is 11.6 Å². The molecule has 0 bridgehead atoms. The van der Waals surface area contributed by atoms with E-state index in [4.69, 9.17) is 11.6 Å². The van der Waals surface area contributed by atoms with Gasteiger partial charge in [-0.15, -0.1) is 0 Å². The number of rotatable bonds is 6. The Labute approximate surface area is 189 Å². The quantitative estimate of drug-likeness (QED) is 0.427. The lowest BCUT2D eigenvalue weighted by Crippen LogP contribution is -2.05. The number of fused-ring (bicyclic) bond motifs is 1. The van der Waals surface area contributed by atoms with Crippen molar-refractivity contribution in [2.45, 2.75) is 26.3 Å². The van der Waals surface area contributed by atoms with Crippen molar-refractivity contribution in [2.75, 3.05) is 0 Å². The summed E-state index contributed by atoms with van der Waals surface area (Å²) >= 11 is 6.02. The second-order valence-corrected chi connectivity index (χ2v) is 7.94. The average Bonchev–Trinajstić information content (AvgIpc) is 3.04. The number of carbonyl (C=O) groups is 1. The van der Waals surface area contributed by atoms with E-state index in [2.05, 4.69) is 11.9 Å². The molecule has 0 saturated carbocycles. The summed E-state index contributed by atoms with van der Waals surface area (Å²) in [6.45, 7) is 2.53. The Morgan fingerprint density at radius 2 is 1.81 bits per heavy atom. The van der Waals surface area contributed by atoms with E-state index in [1.165, 1.54) is 12.1 Å². The van der Waals surface area contributed by atoms with E-state index in [1.807, 2.05) is 34.9 Å². The van der Waals surface area contributed by atoms with Crippen LogP contribution in [0.1, 0.15) is 35.1 Å². The minimum atomic E-state index is -0.970. The average molecular weight is 449 g/mol. The summed E-state index contributed by atoms with van der Waals surface area (Å²) in [6, 6.07) is 17.4. The number of aromatic hydroxyl groups is 1. The van der Waals surface area contributed by atoms with Gasteiger partial charge in [0.25, 0.3) is 0 Å². The van der Waals surface area contributed by atoms with Crippen LogP contribution in [0, 0.1) is 0 Å². The molecule has 4 aromatic rings. The number of hydrogen-bond donors (Lipinski definition) is 2. The molecule has 3 aromatic carbocycles. The fourth-order valence-corrected chi connectivity index (χ4v) is 3.98. The number of hydrogen-bond acceptors (Lipinski definition) is 4. The van der Waals surface area contributed by atoms with E-state index >= 15 is 0 Å². The highest BCUT2D eigenvalue weighted by Gasteiger charge is 2.14. The van der Waals surface area contributed by atoms with Crippen LogP contribution in [0.4, 0.5) is 0 Å². The first-order valence-electron chi connectivity index (χ1n) is 10.2. The third-order valence-electron chi connectivity index (χ3n) is 5.34. The zero-order valence-corrected chi connectivity index (χ0v) is 18.1. The predicted molar refractivity (Wildman–Crippen MR) is 125 cm³/mol. The van der Waals surface area contributed by atoms with Gasteiger partial charge in [0.15, 0.2) is 5.75 Å². The molecule has 6 nitrogen and oxygen atoms in total. The number of benzene rings is 2. The van der Waals surface area contributed by atoms with Gasteiger partial charge in [-0.25, -0.2) is 9.78 Å². The Hall–Kier alpha value is -3.64. The van der Waals surface area contributed by atoms with E-state index < -0.39 is 17.1 Å². The number of aromatic carboxylic acids is 1. The molecular formula is C25H21ClN2O4. The Kier molecular flexibility index (Phi) is 5.97.